The van der Waals surface area contributed by atoms with E-state index in [1.54, 1.807) is 0 Å². The van der Waals surface area contributed by atoms with E-state index >= 15 is 0 Å². The zero-order valence-electron chi connectivity index (χ0n) is 91.5. The Balaban J connectivity index is 0.000000693. The molecule has 11 saturated heterocycles. The predicted octanol–water partition coefficient (Wildman–Crippen LogP) is 23.4. The van der Waals surface area contributed by atoms with Gasteiger partial charge in [0, 0.05) is 155 Å². The van der Waals surface area contributed by atoms with E-state index in [1.165, 1.54) is 279 Å². The third kappa shape index (κ3) is 65.7. The van der Waals surface area contributed by atoms with Gasteiger partial charge in [-0.05, 0) is 309 Å². The van der Waals surface area contributed by atoms with Gasteiger partial charge < -0.3 is 69.8 Å². The van der Waals surface area contributed by atoms with Gasteiger partial charge in [0.15, 0.2) is 0 Å². The minimum atomic E-state index is -0.217. The first kappa shape index (κ1) is 123. The monoisotopic (exact) mass is 1790 g/mol. The highest BCUT2D eigenvalue weighted by molar-refractivity contribution is 5.76. The number of carbonyl (C=O) groups excluding carboxylic acids is 1. The third-order valence-corrected chi connectivity index (χ3v) is 28.0. The van der Waals surface area contributed by atoms with Gasteiger partial charge >= 0.3 is 6.03 Å². The highest BCUT2D eigenvalue weighted by Gasteiger charge is 2.28. The Hall–Kier alpha value is -1.67. The number of aliphatic hydroxyl groups is 2. The number of likely N-dealkylation sites (tertiary alicyclic amines) is 9. The molecule has 2 amide bonds. The second-order valence-corrected chi connectivity index (χ2v) is 47.4. The number of amides is 2. The number of urea groups is 1. The van der Waals surface area contributed by atoms with Crippen LogP contribution in [-0.4, -0.2) is 303 Å². The van der Waals surface area contributed by atoms with Crippen LogP contribution in [-0.2, 0) is 0 Å². The Morgan fingerprint density at radius 1 is 0.315 bits per heavy atom. The standard InChI is InChI=1S/C10H20N2O.3C10H21N.C10H20.C9H19NO.4C9H19N.C8H16N2O.C8H17N/c1-8(2)10(13)7-12-5-4-11-9(3)6-12;3*1-9(2)7-11-6-4-5-10(3)8-11;1-9(2)8-10-6-4-3-5-7-10;1-8(2)7-10-5-3-9(11)4-6-10;3*1-8(2)9(3)10-6-4-5-7-10;1-9(2)8-10-6-4-3-5-7-10;1-7(2)3-5-10-6-4-9-8(10)11;1-7(2)4-9-5-8(3)6-9/h8,10-11,13H,3-7H2,1-2H3;3*9-10H,4-8H2,1-3H3;9-10H,3-8H2,1-2H3;8-9,11H,3-7H2,1-2H3;3*8-9H,4-7H2,1-3H3;9H,3-8H2,1-2H3;7H,3-6H2,1-2H3,(H,9,11);7-8H,4-6H2,1-3H3/t;2*10-;;;;2*9-;;;;/m.10...10..../s1. The summed E-state index contributed by atoms with van der Waals surface area (Å²) < 4.78 is 0. The molecule has 12 fully saturated rings. The molecule has 4 N–H and O–H groups in total. The molecule has 0 bridgehead atoms. The zero-order valence-corrected chi connectivity index (χ0v) is 91.5. The van der Waals surface area contributed by atoms with E-state index in [0.717, 1.165) is 191 Å². The smallest absolute Gasteiger partial charge is 0.317 e. The Kier molecular flexibility index (Phi) is 71.4. The molecule has 0 spiro atoms. The largest absolute Gasteiger partial charge is 0.393 e. The van der Waals surface area contributed by atoms with Crippen LogP contribution in [0.2, 0.25) is 0 Å². The van der Waals surface area contributed by atoms with Gasteiger partial charge in [0.2, 0.25) is 0 Å². The Morgan fingerprint density at radius 2 is 0.638 bits per heavy atom. The Morgan fingerprint density at radius 3 is 0.945 bits per heavy atom. The summed E-state index contributed by atoms with van der Waals surface area (Å²) in [5, 5.41) is 24.9. The summed E-state index contributed by atoms with van der Waals surface area (Å²) in [6, 6.07) is 2.48. The van der Waals surface area contributed by atoms with E-state index in [2.05, 4.69) is 267 Å². The topological polar surface area (TPSA) is 117 Å². The van der Waals surface area contributed by atoms with Gasteiger partial charge in [-0.15, -0.1) is 0 Å². The van der Waals surface area contributed by atoms with Crippen LogP contribution in [0, 0.1) is 101 Å². The van der Waals surface area contributed by atoms with E-state index in [1.807, 2.05) is 18.7 Å². The summed E-state index contributed by atoms with van der Waals surface area (Å²) in [6.45, 7) is 112. The second kappa shape index (κ2) is 73.6. The molecule has 0 aromatic rings. The maximum absolute atomic E-state index is 11.0. The van der Waals surface area contributed by atoms with Crippen LogP contribution in [0.5, 0.6) is 0 Å². The van der Waals surface area contributed by atoms with Crippen LogP contribution in [0.4, 0.5) is 4.79 Å². The number of carbonyl (C=O) groups is 1. The molecule has 3 unspecified atom stereocenters. The fourth-order valence-corrected chi connectivity index (χ4v) is 20.0. The van der Waals surface area contributed by atoms with Crippen LogP contribution in [0.25, 0.3) is 0 Å². The molecule has 11 heterocycles. The number of β-amino-alcohol motifs (C(OH)–C–C–N with tert-alkyl or cyclic N) is 1. The molecule has 1 aliphatic carbocycles. The van der Waals surface area contributed by atoms with Crippen molar-refractivity contribution in [3.63, 3.8) is 0 Å². The van der Waals surface area contributed by atoms with Crippen LogP contribution >= 0.6 is 0 Å². The number of hydrogen-bond acceptors (Lipinski definition) is 14. The van der Waals surface area contributed by atoms with E-state index in [9.17, 15) is 15.0 Å². The van der Waals surface area contributed by atoms with Crippen molar-refractivity contribution in [2.75, 3.05) is 203 Å². The molecule has 12 rings (SSSR count). The quantitative estimate of drug-likeness (QED) is 0.0658. The van der Waals surface area contributed by atoms with Crippen LogP contribution in [0.15, 0.2) is 12.3 Å². The minimum Gasteiger partial charge on any atom is -0.393 e. The number of piperazine rings is 1. The van der Waals surface area contributed by atoms with Crippen molar-refractivity contribution >= 4 is 6.03 Å². The molecular weight excluding hydrogens is 1560 g/mol. The van der Waals surface area contributed by atoms with Crippen LogP contribution in [0.1, 0.15) is 369 Å². The zero-order chi connectivity index (χ0) is 95.5. The van der Waals surface area contributed by atoms with Crippen molar-refractivity contribution in [1.82, 2.24) is 64.5 Å². The number of aliphatic hydroxyl groups excluding tert-OH is 2. The fourth-order valence-electron chi connectivity index (χ4n) is 20.0. The van der Waals surface area contributed by atoms with Crippen LogP contribution in [0.3, 0.4) is 0 Å². The number of hydrogen-bond donors (Lipinski definition) is 4. The first-order valence-electron chi connectivity index (χ1n) is 55.0. The number of rotatable bonds is 26. The summed E-state index contributed by atoms with van der Waals surface area (Å²) in [5.41, 5.74) is 1.06. The molecule has 12 aliphatic rings. The summed E-state index contributed by atoms with van der Waals surface area (Å²) in [4.78, 5) is 38.3. The number of nitrogens with zero attached hydrogens (tertiary/aromatic N) is 11. The molecule has 0 radical (unpaired) electrons. The maximum Gasteiger partial charge on any atom is 0.317 e. The summed E-state index contributed by atoms with van der Waals surface area (Å²) >= 11 is 0. The first-order chi connectivity index (χ1) is 59.9. The molecule has 11 aliphatic heterocycles. The molecule has 1 saturated carbocycles. The van der Waals surface area contributed by atoms with Crippen LogP contribution < -0.4 is 10.6 Å². The van der Waals surface area contributed by atoms with Gasteiger partial charge in [0.25, 0.3) is 0 Å². The van der Waals surface area contributed by atoms with Gasteiger partial charge in [-0.2, -0.15) is 0 Å². The fraction of sp³-hybridized carbons (Fsp3) is 0.973. The van der Waals surface area contributed by atoms with Crippen molar-refractivity contribution in [2.24, 2.45) is 101 Å². The van der Waals surface area contributed by atoms with Crippen molar-refractivity contribution < 1.29 is 15.0 Å². The van der Waals surface area contributed by atoms with Gasteiger partial charge in [0.05, 0.1) is 12.2 Å². The summed E-state index contributed by atoms with van der Waals surface area (Å²) in [5.74, 6) is 14.2. The van der Waals surface area contributed by atoms with E-state index in [-0.39, 0.29) is 18.2 Å². The molecule has 758 valence electrons. The SMILES string of the molecule is C=C1CN(CC(O)C(C)C)CCN1.CC(C)C(C)N1CCCC1.CC(C)CC1CCCCC1.CC(C)CCN1CCNC1=O.CC(C)CN1CC(C)C1.CC(C)CN1CCC(O)CC1.CC(C)CN1CCCC(C)C1.CC(C)CN1CCCCC1.CC(C)CN1CCC[C@@H](C)C1.CC(C)CN1CCC[C@H](C)C1.CC(C)[C@@H](C)N1CCCC1.CC(C)[C@H](C)N1CCCC1. The molecule has 127 heavy (non-hydrogen) atoms. The third-order valence-electron chi connectivity index (χ3n) is 28.0. The van der Waals surface area contributed by atoms with Crippen molar-refractivity contribution in [1.29, 1.82) is 0 Å². The summed E-state index contributed by atoms with van der Waals surface area (Å²) in [6.07, 6.45) is 33.1. The lowest BCUT2D eigenvalue weighted by molar-refractivity contribution is 0.0759. The first-order valence-corrected chi connectivity index (χ1v) is 55.0. The van der Waals surface area contributed by atoms with Gasteiger partial charge in [-0.3, -0.25) is 4.90 Å². The lowest BCUT2D eigenvalue weighted by Crippen LogP contribution is -2.46. The highest BCUT2D eigenvalue weighted by Crippen LogP contribution is 2.29. The Labute approximate surface area is 795 Å². The van der Waals surface area contributed by atoms with E-state index in [4.69, 9.17) is 0 Å². The minimum absolute atomic E-state index is 0.0292. The highest BCUT2D eigenvalue weighted by atomic mass is 16.3. The molecule has 0 aromatic heterocycles. The molecule has 7 atom stereocenters. The van der Waals surface area contributed by atoms with Gasteiger partial charge in [-0.1, -0.05) is 239 Å². The molecule has 0 aromatic carbocycles. The number of nitrogens with one attached hydrogen (secondary N) is 2. The predicted molar refractivity (Wildman–Crippen MR) is 561 cm³/mol. The molecule has 16 nitrogen and oxygen atoms in total. The lowest BCUT2D eigenvalue weighted by atomic mass is 9.84. The lowest BCUT2D eigenvalue weighted by Gasteiger charge is -2.38. The molecule has 16 heteroatoms. The van der Waals surface area contributed by atoms with Gasteiger partial charge in [-0.25, -0.2) is 4.79 Å². The van der Waals surface area contributed by atoms with Crippen molar-refractivity contribution in [2.45, 2.75) is 399 Å². The molecular formula is C111H231N13O3. The average Bonchev–Trinajstić information content (AvgIpc) is 1.35. The van der Waals surface area contributed by atoms with E-state index in [0.29, 0.717) is 11.8 Å². The summed E-state index contributed by atoms with van der Waals surface area (Å²) in [7, 11) is 0. The maximum atomic E-state index is 11.0. The van der Waals surface area contributed by atoms with Gasteiger partial charge in [0.1, 0.15) is 0 Å². The second-order valence-electron chi connectivity index (χ2n) is 47.4. The number of piperidine rings is 5. The van der Waals surface area contributed by atoms with Crippen molar-refractivity contribution in [3.05, 3.63) is 12.3 Å². The normalized spacial score (nSPS) is 23.7. The average molecular weight is 1800 g/mol. The Bertz CT molecular complexity index is 2330. The van der Waals surface area contributed by atoms with Crippen molar-refractivity contribution in [3.8, 4) is 0 Å². The van der Waals surface area contributed by atoms with E-state index < -0.39 is 0 Å².